The molecule has 0 saturated carbocycles. The zero-order valence-corrected chi connectivity index (χ0v) is 16.7. The van der Waals surface area contributed by atoms with Crippen molar-refractivity contribution < 1.29 is 17.6 Å². The minimum Gasteiger partial charge on any atom is -0.407 e. The summed E-state index contributed by atoms with van der Waals surface area (Å²) >= 11 is 0. The van der Waals surface area contributed by atoms with Crippen molar-refractivity contribution in [3.63, 3.8) is 0 Å². The van der Waals surface area contributed by atoms with Crippen LogP contribution in [0.5, 0.6) is 0 Å². The molecule has 7 nitrogen and oxygen atoms in total. The summed E-state index contributed by atoms with van der Waals surface area (Å²) in [6.07, 6.45) is 0.453. The van der Waals surface area contributed by atoms with Crippen LogP contribution in [0.25, 0.3) is 0 Å². The molecule has 0 radical (unpaired) electrons. The number of nitrogens with one attached hydrogen (secondary N) is 1. The van der Waals surface area contributed by atoms with E-state index in [1.165, 1.54) is 35.4 Å². The summed E-state index contributed by atoms with van der Waals surface area (Å²) in [6.45, 7) is 5.63. The van der Waals surface area contributed by atoms with E-state index in [9.17, 15) is 13.2 Å². The summed E-state index contributed by atoms with van der Waals surface area (Å²) in [4.78, 5) is 12.5. The molecule has 2 aromatic carbocycles. The van der Waals surface area contributed by atoms with Crippen molar-refractivity contribution in [2.45, 2.75) is 32.1 Å². The molecule has 0 aliphatic rings. The number of hydrogen-bond donors (Lipinski definition) is 1. The number of aromatic nitrogens is 2. The molecular weight excluding hydrogens is 378 g/mol. The van der Waals surface area contributed by atoms with Crippen molar-refractivity contribution in [3.05, 3.63) is 70.6 Å². The number of aryl methyl sites for hydroxylation is 2. The Kier molecular flexibility index (Phi) is 5.60. The summed E-state index contributed by atoms with van der Waals surface area (Å²) < 4.78 is 29.5. The number of carbonyl (C=O) groups excluding carboxylic acids is 1. The fourth-order valence-electron chi connectivity index (χ4n) is 2.63. The molecule has 0 fully saturated rings. The van der Waals surface area contributed by atoms with Crippen molar-refractivity contribution in [3.8, 4) is 0 Å². The van der Waals surface area contributed by atoms with Crippen LogP contribution >= 0.6 is 0 Å². The fraction of sp³-hybridized carbons (Fsp3) is 0.250. The third kappa shape index (κ3) is 4.45. The van der Waals surface area contributed by atoms with E-state index in [0.717, 1.165) is 5.56 Å². The Labute approximate surface area is 163 Å². The maximum absolute atomic E-state index is 12.4. The van der Waals surface area contributed by atoms with Crippen LogP contribution in [0.1, 0.15) is 39.9 Å². The van der Waals surface area contributed by atoms with Gasteiger partial charge in [-0.05, 0) is 48.7 Å². The number of benzene rings is 2. The second kappa shape index (κ2) is 7.93. The van der Waals surface area contributed by atoms with Gasteiger partial charge in [-0.25, -0.2) is 8.42 Å². The summed E-state index contributed by atoms with van der Waals surface area (Å²) in [7, 11) is -3.40. The Morgan fingerprint density at radius 1 is 1.07 bits per heavy atom. The number of amides is 1. The van der Waals surface area contributed by atoms with Gasteiger partial charge in [0.15, 0.2) is 9.84 Å². The van der Waals surface area contributed by atoms with Gasteiger partial charge in [-0.2, -0.15) is 0 Å². The van der Waals surface area contributed by atoms with Crippen molar-refractivity contribution in [2.24, 2.45) is 0 Å². The first kappa shape index (κ1) is 19.8. The Balaban J connectivity index is 1.72. The van der Waals surface area contributed by atoms with Crippen LogP contribution in [0.2, 0.25) is 0 Å². The molecule has 3 aromatic rings. The van der Waals surface area contributed by atoms with Crippen LogP contribution in [-0.2, 0) is 16.3 Å². The van der Waals surface area contributed by atoms with E-state index in [-0.39, 0.29) is 22.2 Å². The van der Waals surface area contributed by atoms with Gasteiger partial charge < -0.3 is 4.42 Å². The Morgan fingerprint density at radius 2 is 1.86 bits per heavy atom. The van der Waals surface area contributed by atoms with E-state index in [2.05, 4.69) is 21.6 Å². The molecule has 0 atom stereocenters. The van der Waals surface area contributed by atoms with Crippen LogP contribution in [-0.4, -0.2) is 30.3 Å². The highest BCUT2D eigenvalue weighted by Gasteiger charge is 2.16. The maximum atomic E-state index is 12.4. The van der Waals surface area contributed by atoms with Gasteiger partial charge in [0.05, 0.1) is 17.1 Å². The van der Waals surface area contributed by atoms with E-state index < -0.39 is 15.7 Å². The highest BCUT2D eigenvalue weighted by Crippen LogP contribution is 2.17. The molecule has 146 valence electrons. The van der Waals surface area contributed by atoms with Gasteiger partial charge in [-0.15, -0.1) is 5.10 Å². The first-order valence-electron chi connectivity index (χ1n) is 8.81. The van der Waals surface area contributed by atoms with Crippen molar-refractivity contribution in [1.29, 1.82) is 0 Å². The van der Waals surface area contributed by atoms with Gasteiger partial charge in [0.25, 0.3) is 5.91 Å². The minimum absolute atomic E-state index is 0.0346. The van der Waals surface area contributed by atoms with E-state index >= 15 is 0 Å². The van der Waals surface area contributed by atoms with Crippen LogP contribution in [0.3, 0.4) is 0 Å². The topological polar surface area (TPSA) is 102 Å². The average molecular weight is 399 g/mol. The van der Waals surface area contributed by atoms with Crippen LogP contribution in [0.4, 0.5) is 6.01 Å². The van der Waals surface area contributed by atoms with Crippen molar-refractivity contribution in [1.82, 2.24) is 10.2 Å². The Hall–Kier alpha value is -3.00. The third-order valence-corrected chi connectivity index (χ3v) is 6.18. The molecule has 1 N–H and O–H groups in total. The van der Waals surface area contributed by atoms with Gasteiger partial charge in [-0.3, -0.25) is 10.1 Å². The zero-order chi connectivity index (χ0) is 20.3. The largest absolute Gasteiger partial charge is 0.407 e. The number of rotatable bonds is 6. The van der Waals surface area contributed by atoms with Crippen molar-refractivity contribution >= 4 is 21.8 Å². The molecule has 0 saturated heterocycles. The Morgan fingerprint density at radius 3 is 2.57 bits per heavy atom. The number of sulfone groups is 1. The monoisotopic (exact) mass is 399 g/mol. The van der Waals surface area contributed by atoms with E-state index in [4.69, 9.17) is 4.42 Å². The SMILES string of the molecule is CCS(=O)(=O)c1cccc(C(=O)Nc2nnc(Cc3ccc(C)c(C)c3)o2)c1. The molecule has 3 rings (SSSR count). The van der Waals surface area contributed by atoms with Crippen LogP contribution in [0.15, 0.2) is 51.8 Å². The predicted octanol–water partition coefficient (Wildman–Crippen LogP) is 3.32. The zero-order valence-electron chi connectivity index (χ0n) is 15.9. The number of carbonyl (C=O) groups is 1. The number of anilines is 1. The lowest BCUT2D eigenvalue weighted by atomic mass is 10.0. The summed E-state index contributed by atoms with van der Waals surface area (Å²) in [6, 6.07) is 11.9. The van der Waals surface area contributed by atoms with Gasteiger partial charge in [0.1, 0.15) is 0 Å². The van der Waals surface area contributed by atoms with Gasteiger partial charge in [0, 0.05) is 5.56 Å². The van der Waals surface area contributed by atoms with Gasteiger partial charge in [0.2, 0.25) is 5.89 Å². The van der Waals surface area contributed by atoms with Crippen molar-refractivity contribution in [2.75, 3.05) is 11.1 Å². The lowest BCUT2D eigenvalue weighted by Crippen LogP contribution is -2.13. The molecule has 0 unspecified atom stereocenters. The van der Waals surface area contributed by atoms with Gasteiger partial charge in [-0.1, -0.05) is 36.3 Å². The first-order chi connectivity index (χ1) is 13.3. The van der Waals surface area contributed by atoms with E-state index in [1.54, 1.807) is 6.92 Å². The standard InChI is InChI=1S/C20H21N3O4S/c1-4-28(25,26)17-7-5-6-16(12-17)19(24)21-20-23-22-18(27-20)11-15-9-8-13(2)14(3)10-15/h5-10,12H,4,11H2,1-3H3,(H,21,23,24). The maximum Gasteiger partial charge on any atom is 0.322 e. The molecule has 0 aliphatic heterocycles. The number of nitrogens with zero attached hydrogens (tertiary/aromatic N) is 2. The summed E-state index contributed by atoms with van der Waals surface area (Å²) in [5.74, 6) is -0.181. The molecular formula is C20H21N3O4S. The smallest absolute Gasteiger partial charge is 0.322 e. The van der Waals surface area contributed by atoms with Crippen LogP contribution < -0.4 is 5.32 Å². The van der Waals surface area contributed by atoms with E-state index in [0.29, 0.717) is 12.3 Å². The minimum atomic E-state index is -3.40. The second-order valence-corrected chi connectivity index (χ2v) is 8.76. The molecule has 28 heavy (non-hydrogen) atoms. The quantitative estimate of drug-likeness (QED) is 0.682. The molecule has 1 amide bonds. The number of hydrogen-bond acceptors (Lipinski definition) is 6. The predicted molar refractivity (Wildman–Crippen MR) is 105 cm³/mol. The van der Waals surface area contributed by atoms with E-state index in [1.807, 2.05) is 26.0 Å². The third-order valence-electron chi connectivity index (χ3n) is 4.45. The van der Waals surface area contributed by atoms with Crippen LogP contribution in [0, 0.1) is 13.8 Å². The lowest BCUT2D eigenvalue weighted by Gasteiger charge is -2.05. The first-order valence-corrected chi connectivity index (χ1v) is 10.5. The van der Waals surface area contributed by atoms with Gasteiger partial charge >= 0.3 is 6.01 Å². The summed E-state index contributed by atoms with van der Waals surface area (Å²) in [5, 5.41) is 10.3. The lowest BCUT2D eigenvalue weighted by molar-refractivity contribution is 0.102. The average Bonchev–Trinajstić information content (AvgIpc) is 3.11. The highest BCUT2D eigenvalue weighted by molar-refractivity contribution is 7.91. The molecule has 8 heteroatoms. The summed E-state index contributed by atoms with van der Waals surface area (Å²) in [5.41, 5.74) is 3.60. The molecule has 0 bridgehead atoms. The fourth-order valence-corrected chi connectivity index (χ4v) is 3.56. The highest BCUT2D eigenvalue weighted by atomic mass is 32.2. The molecule has 1 aromatic heterocycles. The molecule has 1 heterocycles. The molecule has 0 spiro atoms. The Bertz CT molecular complexity index is 1120. The second-order valence-electron chi connectivity index (χ2n) is 6.48. The normalized spacial score (nSPS) is 11.4. The molecule has 0 aliphatic carbocycles.